The van der Waals surface area contributed by atoms with Gasteiger partial charge in [0.25, 0.3) is 0 Å². The average Bonchev–Trinajstić information content (AvgIpc) is 3.27. The Morgan fingerprint density at radius 3 is 2.61 bits per heavy atom. The molecule has 1 aromatic heterocycles. The molecule has 3 rings (SSSR count). The molecule has 0 radical (unpaired) electrons. The summed E-state index contributed by atoms with van der Waals surface area (Å²) in [6.07, 6.45) is 9.24. The van der Waals surface area contributed by atoms with E-state index in [1.807, 2.05) is 33.9 Å². The van der Waals surface area contributed by atoms with Crippen molar-refractivity contribution >= 4 is 5.97 Å². The molecule has 0 aromatic carbocycles. The molecule has 1 heterocycles. The van der Waals surface area contributed by atoms with Gasteiger partial charge in [0.1, 0.15) is 5.60 Å². The van der Waals surface area contributed by atoms with Gasteiger partial charge in [-0.15, -0.1) is 0 Å². The predicted molar refractivity (Wildman–Crippen MR) is 91.2 cm³/mol. The van der Waals surface area contributed by atoms with Crippen molar-refractivity contribution in [2.24, 2.45) is 5.41 Å². The van der Waals surface area contributed by atoms with Crippen LogP contribution in [0.25, 0.3) is 0 Å². The van der Waals surface area contributed by atoms with Gasteiger partial charge in [-0.05, 0) is 83.4 Å². The van der Waals surface area contributed by atoms with Crippen molar-refractivity contribution < 1.29 is 9.53 Å². The topological polar surface area (TPSA) is 39.2 Å². The van der Waals surface area contributed by atoms with Crippen molar-refractivity contribution in [1.82, 2.24) is 4.98 Å². The van der Waals surface area contributed by atoms with Gasteiger partial charge < -0.3 is 4.74 Å². The number of esters is 1. The van der Waals surface area contributed by atoms with Gasteiger partial charge in [-0.2, -0.15) is 0 Å². The summed E-state index contributed by atoms with van der Waals surface area (Å²) in [7, 11) is 0. The molecule has 0 aliphatic heterocycles. The van der Waals surface area contributed by atoms with E-state index >= 15 is 0 Å². The van der Waals surface area contributed by atoms with E-state index in [2.05, 4.69) is 23.2 Å². The molecule has 1 atom stereocenters. The van der Waals surface area contributed by atoms with E-state index in [0.717, 1.165) is 37.8 Å². The zero-order chi connectivity index (χ0) is 16.7. The Morgan fingerprint density at radius 2 is 2.09 bits per heavy atom. The quantitative estimate of drug-likeness (QED) is 0.599. The number of hydrogen-bond acceptors (Lipinski definition) is 3. The minimum Gasteiger partial charge on any atom is -0.459 e. The molecule has 2 aliphatic rings. The van der Waals surface area contributed by atoms with Crippen LogP contribution < -0.4 is 0 Å². The van der Waals surface area contributed by atoms with Crippen LogP contribution >= 0.6 is 0 Å². The van der Waals surface area contributed by atoms with Gasteiger partial charge in [0.15, 0.2) is 0 Å². The molecule has 1 saturated carbocycles. The van der Waals surface area contributed by atoms with Crippen LogP contribution in [0.5, 0.6) is 0 Å². The number of hydrogen-bond donors (Lipinski definition) is 0. The maximum atomic E-state index is 12.6. The lowest BCUT2D eigenvalue weighted by Crippen LogP contribution is -2.31. The van der Waals surface area contributed by atoms with E-state index in [9.17, 15) is 4.79 Å². The largest absolute Gasteiger partial charge is 0.459 e. The molecule has 3 nitrogen and oxygen atoms in total. The standard InChI is InChI=1S/C20H27NO2/c1-14-13-16(9-12-21-14)15-5-7-17(8-6-15)20(10-11-20)18(22)23-19(2,3)4/h7,9,12-13,15H,5-6,8,10-11H2,1-4H3. The number of carbonyl (C=O) groups is 1. The number of rotatable bonds is 3. The van der Waals surface area contributed by atoms with E-state index in [1.54, 1.807) is 0 Å². The van der Waals surface area contributed by atoms with Crippen LogP contribution in [0.3, 0.4) is 0 Å². The molecule has 0 N–H and O–H groups in total. The van der Waals surface area contributed by atoms with Crippen molar-refractivity contribution in [2.45, 2.75) is 71.3 Å². The lowest BCUT2D eigenvalue weighted by molar-refractivity contribution is -0.160. The van der Waals surface area contributed by atoms with E-state index in [4.69, 9.17) is 4.74 Å². The summed E-state index contributed by atoms with van der Waals surface area (Å²) < 4.78 is 5.66. The van der Waals surface area contributed by atoms with Gasteiger partial charge in [0.2, 0.25) is 0 Å². The Bertz CT molecular complexity index is 635. The fraction of sp³-hybridized carbons (Fsp3) is 0.600. The van der Waals surface area contributed by atoms with Crippen LogP contribution in [0, 0.1) is 12.3 Å². The highest BCUT2D eigenvalue weighted by atomic mass is 16.6. The summed E-state index contributed by atoms with van der Waals surface area (Å²) in [5.41, 5.74) is 3.05. The lowest BCUT2D eigenvalue weighted by Gasteiger charge is -2.29. The molecule has 1 aromatic rings. The molecule has 124 valence electrons. The first-order valence-electron chi connectivity index (χ1n) is 8.66. The Balaban J connectivity index is 1.70. The van der Waals surface area contributed by atoms with Crippen molar-refractivity contribution in [2.75, 3.05) is 0 Å². The predicted octanol–water partition coefficient (Wildman–Crippen LogP) is 4.71. The molecule has 2 aliphatic carbocycles. The third kappa shape index (κ3) is 3.49. The van der Waals surface area contributed by atoms with Gasteiger partial charge in [-0.3, -0.25) is 9.78 Å². The molecular weight excluding hydrogens is 286 g/mol. The Hall–Kier alpha value is -1.64. The summed E-state index contributed by atoms with van der Waals surface area (Å²) >= 11 is 0. The minimum atomic E-state index is -0.404. The number of carbonyl (C=O) groups excluding carboxylic acids is 1. The Kier molecular flexibility index (Phi) is 4.07. The van der Waals surface area contributed by atoms with Crippen LogP contribution in [0.1, 0.15) is 70.1 Å². The summed E-state index contributed by atoms with van der Waals surface area (Å²) in [6, 6.07) is 4.31. The highest BCUT2D eigenvalue weighted by molar-refractivity contribution is 5.84. The molecule has 1 fully saturated rings. The van der Waals surface area contributed by atoms with Crippen molar-refractivity contribution in [1.29, 1.82) is 0 Å². The Morgan fingerprint density at radius 1 is 1.35 bits per heavy atom. The number of nitrogens with zero attached hydrogens (tertiary/aromatic N) is 1. The molecule has 0 spiro atoms. The lowest BCUT2D eigenvalue weighted by atomic mass is 9.79. The summed E-state index contributed by atoms with van der Waals surface area (Å²) in [4.78, 5) is 16.8. The molecule has 0 bridgehead atoms. The van der Waals surface area contributed by atoms with E-state index < -0.39 is 5.60 Å². The molecule has 0 amide bonds. The van der Waals surface area contributed by atoms with Gasteiger partial charge in [-0.25, -0.2) is 0 Å². The van der Waals surface area contributed by atoms with E-state index in [-0.39, 0.29) is 11.4 Å². The highest BCUT2D eigenvalue weighted by Crippen LogP contribution is 2.56. The fourth-order valence-electron chi connectivity index (χ4n) is 3.55. The molecular formula is C20H27NO2. The molecule has 3 heteroatoms. The van der Waals surface area contributed by atoms with Crippen molar-refractivity contribution in [3.05, 3.63) is 41.2 Å². The van der Waals surface area contributed by atoms with Crippen LogP contribution in [0.4, 0.5) is 0 Å². The van der Waals surface area contributed by atoms with Crippen molar-refractivity contribution in [3.63, 3.8) is 0 Å². The third-order valence-corrected chi connectivity index (χ3v) is 4.96. The average molecular weight is 313 g/mol. The van der Waals surface area contributed by atoms with E-state index in [0.29, 0.717) is 5.92 Å². The van der Waals surface area contributed by atoms with Crippen LogP contribution in [-0.2, 0) is 9.53 Å². The zero-order valence-electron chi connectivity index (χ0n) is 14.7. The first kappa shape index (κ1) is 16.2. The van der Waals surface area contributed by atoms with Gasteiger partial charge in [0.05, 0.1) is 5.41 Å². The monoisotopic (exact) mass is 313 g/mol. The first-order chi connectivity index (χ1) is 10.8. The second-order valence-electron chi connectivity index (χ2n) is 8.02. The summed E-state index contributed by atoms with van der Waals surface area (Å²) in [5.74, 6) is 0.532. The maximum absolute atomic E-state index is 12.6. The summed E-state index contributed by atoms with van der Waals surface area (Å²) in [5, 5.41) is 0. The normalized spacial score (nSPS) is 23.1. The molecule has 23 heavy (non-hydrogen) atoms. The number of ether oxygens (including phenoxy) is 1. The molecule has 1 unspecified atom stereocenters. The smallest absolute Gasteiger partial charge is 0.316 e. The first-order valence-corrected chi connectivity index (χ1v) is 8.66. The van der Waals surface area contributed by atoms with Crippen LogP contribution in [-0.4, -0.2) is 16.6 Å². The summed E-state index contributed by atoms with van der Waals surface area (Å²) in [6.45, 7) is 7.86. The SMILES string of the molecule is Cc1cc(C2CC=C(C3(C(=O)OC(C)(C)C)CC3)CC2)ccn1. The Labute approximate surface area is 139 Å². The van der Waals surface area contributed by atoms with Gasteiger partial charge in [-0.1, -0.05) is 11.6 Å². The van der Waals surface area contributed by atoms with Gasteiger partial charge in [0, 0.05) is 11.9 Å². The fourth-order valence-corrected chi connectivity index (χ4v) is 3.55. The van der Waals surface area contributed by atoms with E-state index in [1.165, 1.54) is 11.1 Å². The van der Waals surface area contributed by atoms with Crippen LogP contribution in [0.2, 0.25) is 0 Å². The maximum Gasteiger partial charge on any atom is 0.316 e. The van der Waals surface area contributed by atoms with Gasteiger partial charge >= 0.3 is 5.97 Å². The molecule has 0 saturated heterocycles. The third-order valence-electron chi connectivity index (χ3n) is 4.96. The highest BCUT2D eigenvalue weighted by Gasteiger charge is 2.55. The number of aryl methyl sites for hydroxylation is 1. The second kappa shape index (κ2) is 5.77. The number of pyridine rings is 1. The second-order valence-corrected chi connectivity index (χ2v) is 8.02. The van der Waals surface area contributed by atoms with Crippen molar-refractivity contribution in [3.8, 4) is 0 Å². The number of aromatic nitrogens is 1. The number of allylic oxidation sites excluding steroid dienone is 1. The van der Waals surface area contributed by atoms with Crippen LogP contribution in [0.15, 0.2) is 30.0 Å². The zero-order valence-corrected chi connectivity index (χ0v) is 14.7. The minimum absolute atomic E-state index is 0.0190.